The van der Waals surface area contributed by atoms with Gasteiger partial charge in [0.25, 0.3) is 0 Å². The Morgan fingerprint density at radius 3 is 2.44 bits per heavy atom. The van der Waals surface area contributed by atoms with E-state index in [1.54, 1.807) is 0 Å². The number of hydrogen-bond acceptors (Lipinski definition) is 1. The summed E-state index contributed by atoms with van der Waals surface area (Å²) in [6, 6.07) is 9.63. The second-order valence-corrected chi connectivity index (χ2v) is 6.19. The van der Waals surface area contributed by atoms with Crippen molar-refractivity contribution in [3.8, 4) is 0 Å². The van der Waals surface area contributed by atoms with Crippen LogP contribution in [-0.2, 0) is 6.42 Å². The van der Waals surface area contributed by atoms with Crippen molar-refractivity contribution in [1.29, 1.82) is 0 Å². The molecule has 0 aliphatic heterocycles. The number of benzene rings is 1. The van der Waals surface area contributed by atoms with Crippen molar-refractivity contribution in [3.63, 3.8) is 0 Å². The minimum atomic E-state index is 0.544. The molecule has 0 amide bonds. The Kier molecular flexibility index (Phi) is 3.90. The molecule has 1 N–H and O–H groups in total. The van der Waals surface area contributed by atoms with Gasteiger partial charge in [-0.2, -0.15) is 0 Å². The van der Waals surface area contributed by atoms with E-state index in [2.05, 4.69) is 66.0 Å². The second-order valence-electron chi connectivity index (χ2n) is 4.94. The smallest absolute Gasteiger partial charge is 0.0130 e. The molecule has 2 rings (SSSR count). The Hall–Kier alpha value is -0.0900. The monoisotopic (exact) mass is 329 g/mol. The Morgan fingerprint density at radius 2 is 1.94 bits per heavy atom. The van der Waals surface area contributed by atoms with Crippen LogP contribution in [0.2, 0.25) is 0 Å². The average Bonchev–Trinajstić information content (AvgIpc) is 3.03. The number of rotatable bonds is 5. The summed E-state index contributed by atoms with van der Waals surface area (Å²) in [7, 11) is 0. The summed E-state index contributed by atoms with van der Waals surface area (Å²) < 4.78 is 1.32. The van der Waals surface area contributed by atoms with Crippen molar-refractivity contribution < 1.29 is 0 Å². The molecule has 0 aromatic heterocycles. The van der Waals surface area contributed by atoms with E-state index >= 15 is 0 Å². The van der Waals surface area contributed by atoms with Gasteiger partial charge < -0.3 is 5.32 Å². The van der Waals surface area contributed by atoms with Gasteiger partial charge in [-0.05, 0) is 78.4 Å². The molecule has 1 aliphatic carbocycles. The molecule has 0 spiro atoms. The van der Waals surface area contributed by atoms with Crippen LogP contribution >= 0.6 is 22.6 Å². The van der Waals surface area contributed by atoms with E-state index in [4.69, 9.17) is 0 Å². The van der Waals surface area contributed by atoms with Crippen LogP contribution in [0.25, 0.3) is 0 Å². The summed E-state index contributed by atoms with van der Waals surface area (Å²) in [5.41, 5.74) is 2.03. The van der Waals surface area contributed by atoms with Gasteiger partial charge in [-0.15, -0.1) is 0 Å². The fourth-order valence-electron chi connectivity index (χ4n) is 2.45. The van der Waals surface area contributed by atoms with Gasteiger partial charge in [0.1, 0.15) is 0 Å². The molecular weight excluding hydrogens is 309 g/mol. The predicted octanol–water partition coefficient (Wildman–Crippen LogP) is 3.61. The minimum Gasteiger partial charge on any atom is -0.314 e. The largest absolute Gasteiger partial charge is 0.314 e. The highest BCUT2D eigenvalue weighted by Gasteiger charge is 2.46. The maximum Gasteiger partial charge on any atom is 0.0130 e. The zero-order chi connectivity index (χ0) is 11.6. The second kappa shape index (κ2) is 5.05. The molecule has 1 aromatic rings. The zero-order valence-corrected chi connectivity index (χ0v) is 12.3. The zero-order valence-electron chi connectivity index (χ0n) is 10.1. The topological polar surface area (TPSA) is 12.0 Å². The third-order valence-electron chi connectivity index (χ3n) is 3.79. The van der Waals surface area contributed by atoms with Crippen LogP contribution in [0.3, 0.4) is 0 Å². The van der Waals surface area contributed by atoms with Crippen LogP contribution in [-0.4, -0.2) is 12.6 Å². The van der Waals surface area contributed by atoms with Crippen LogP contribution in [0, 0.1) is 8.99 Å². The SMILES string of the molecule is CCNC(C)C1(Cc2ccc(I)cc2)CC1. The molecule has 1 nitrogen and oxygen atoms in total. The summed E-state index contributed by atoms with van der Waals surface area (Å²) in [5.74, 6) is 0. The van der Waals surface area contributed by atoms with Crippen LogP contribution in [0.1, 0.15) is 32.3 Å². The molecule has 0 bridgehead atoms. The number of nitrogens with one attached hydrogen (secondary N) is 1. The fourth-order valence-corrected chi connectivity index (χ4v) is 2.81. The molecule has 1 saturated carbocycles. The predicted molar refractivity (Wildman–Crippen MR) is 77.7 cm³/mol. The first kappa shape index (κ1) is 12.4. The molecule has 0 heterocycles. The van der Waals surface area contributed by atoms with Crippen LogP contribution in [0.4, 0.5) is 0 Å². The molecule has 16 heavy (non-hydrogen) atoms. The molecule has 1 atom stereocenters. The van der Waals surface area contributed by atoms with Crippen molar-refractivity contribution in [2.24, 2.45) is 5.41 Å². The Labute approximate surface area is 112 Å². The molecule has 88 valence electrons. The van der Waals surface area contributed by atoms with Crippen LogP contribution in [0.5, 0.6) is 0 Å². The molecule has 0 saturated heterocycles. The van der Waals surface area contributed by atoms with Gasteiger partial charge in [-0.1, -0.05) is 19.1 Å². The standard InChI is InChI=1S/C14H20IN/c1-3-16-11(2)14(8-9-14)10-12-4-6-13(15)7-5-12/h4-7,11,16H,3,8-10H2,1-2H3. The van der Waals surface area contributed by atoms with E-state index in [1.165, 1.54) is 28.4 Å². The Balaban J connectivity index is 2.01. The quantitative estimate of drug-likeness (QED) is 0.814. The van der Waals surface area contributed by atoms with Crippen molar-refractivity contribution in [1.82, 2.24) is 5.32 Å². The van der Waals surface area contributed by atoms with Gasteiger partial charge >= 0.3 is 0 Å². The lowest BCUT2D eigenvalue weighted by molar-refractivity contribution is 0.355. The summed E-state index contributed by atoms with van der Waals surface area (Å²) in [6.07, 6.45) is 4.00. The summed E-state index contributed by atoms with van der Waals surface area (Å²) in [5, 5.41) is 3.58. The Morgan fingerprint density at radius 1 is 1.31 bits per heavy atom. The Bertz CT molecular complexity index is 340. The lowest BCUT2D eigenvalue weighted by Crippen LogP contribution is -2.35. The van der Waals surface area contributed by atoms with E-state index in [9.17, 15) is 0 Å². The normalized spacial score (nSPS) is 19.4. The average molecular weight is 329 g/mol. The van der Waals surface area contributed by atoms with Gasteiger partial charge in [0.2, 0.25) is 0 Å². The van der Waals surface area contributed by atoms with E-state index in [-0.39, 0.29) is 0 Å². The lowest BCUT2D eigenvalue weighted by Gasteiger charge is -2.24. The van der Waals surface area contributed by atoms with Gasteiger partial charge in [-0.3, -0.25) is 0 Å². The van der Waals surface area contributed by atoms with Crippen LogP contribution in [0.15, 0.2) is 24.3 Å². The maximum absolute atomic E-state index is 3.58. The molecule has 1 unspecified atom stereocenters. The molecule has 1 aromatic carbocycles. The summed E-state index contributed by atoms with van der Waals surface area (Å²) in [4.78, 5) is 0. The summed E-state index contributed by atoms with van der Waals surface area (Å²) in [6.45, 7) is 5.61. The molecule has 1 fully saturated rings. The van der Waals surface area contributed by atoms with Crippen molar-refractivity contribution in [2.75, 3.05) is 6.54 Å². The summed E-state index contributed by atoms with van der Waals surface area (Å²) >= 11 is 2.36. The van der Waals surface area contributed by atoms with Gasteiger partial charge in [0, 0.05) is 9.61 Å². The third kappa shape index (κ3) is 2.77. The van der Waals surface area contributed by atoms with E-state index < -0.39 is 0 Å². The highest BCUT2D eigenvalue weighted by molar-refractivity contribution is 14.1. The van der Waals surface area contributed by atoms with Crippen molar-refractivity contribution >= 4 is 22.6 Å². The van der Waals surface area contributed by atoms with Gasteiger partial charge in [0.15, 0.2) is 0 Å². The molecule has 2 heteroatoms. The highest BCUT2D eigenvalue weighted by atomic mass is 127. The van der Waals surface area contributed by atoms with E-state index in [1.807, 2.05) is 0 Å². The number of hydrogen-bond donors (Lipinski definition) is 1. The van der Waals surface area contributed by atoms with Gasteiger partial charge in [-0.25, -0.2) is 0 Å². The molecular formula is C14H20IN. The molecule has 1 aliphatic rings. The lowest BCUT2D eigenvalue weighted by atomic mass is 9.90. The highest BCUT2D eigenvalue weighted by Crippen LogP contribution is 2.51. The maximum atomic E-state index is 3.58. The van der Waals surface area contributed by atoms with E-state index in [0.29, 0.717) is 11.5 Å². The first-order valence-electron chi connectivity index (χ1n) is 6.14. The van der Waals surface area contributed by atoms with Crippen molar-refractivity contribution in [2.45, 2.75) is 39.2 Å². The third-order valence-corrected chi connectivity index (χ3v) is 4.51. The van der Waals surface area contributed by atoms with Gasteiger partial charge in [0.05, 0.1) is 0 Å². The van der Waals surface area contributed by atoms with Crippen LogP contribution < -0.4 is 5.32 Å². The first-order valence-corrected chi connectivity index (χ1v) is 7.22. The number of halogens is 1. The van der Waals surface area contributed by atoms with E-state index in [0.717, 1.165) is 6.54 Å². The van der Waals surface area contributed by atoms with Crippen molar-refractivity contribution in [3.05, 3.63) is 33.4 Å². The fraction of sp³-hybridized carbons (Fsp3) is 0.571. The minimum absolute atomic E-state index is 0.544. The first-order chi connectivity index (χ1) is 7.66. The molecule has 0 radical (unpaired) electrons.